The molecule has 0 radical (unpaired) electrons. The van der Waals surface area contributed by atoms with Gasteiger partial charge < -0.3 is 15.0 Å². The Labute approximate surface area is 133 Å². The van der Waals surface area contributed by atoms with Gasteiger partial charge in [0, 0.05) is 17.6 Å². The Kier molecular flexibility index (Phi) is 4.56. The van der Waals surface area contributed by atoms with Crippen LogP contribution in [0.1, 0.15) is 39.0 Å². The fourth-order valence-electron chi connectivity index (χ4n) is 2.41. The lowest BCUT2D eigenvalue weighted by Gasteiger charge is -2.11. The average Bonchev–Trinajstić information content (AvgIpc) is 2.74. The van der Waals surface area contributed by atoms with E-state index in [0.29, 0.717) is 39.0 Å². The van der Waals surface area contributed by atoms with E-state index in [1.165, 1.54) is 14.0 Å². The zero-order chi connectivity index (χ0) is 16.4. The Hall–Kier alpha value is -2.27. The van der Waals surface area contributed by atoms with Gasteiger partial charge in [0.1, 0.15) is 5.75 Å². The average molecular weight is 321 g/mol. The van der Waals surface area contributed by atoms with Gasteiger partial charge in [-0.15, -0.1) is 0 Å². The molecule has 0 aliphatic rings. The number of carbonyl (C=O) groups is 2. The van der Waals surface area contributed by atoms with E-state index in [2.05, 4.69) is 10.3 Å². The lowest BCUT2D eigenvalue weighted by Crippen LogP contribution is -2.14. The highest BCUT2D eigenvalue weighted by atomic mass is 35.5. The summed E-state index contributed by atoms with van der Waals surface area (Å²) in [6.07, 6.45) is 0. The molecule has 1 amide bonds. The van der Waals surface area contributed by atoms with Gasteiger partial charge in [-0.2, -0.15) is 0 Å². The van der Waals surface area contributed by atoms with Crippen molar-refractivity contribution in [3.05, 3.63) is 45.7 Å². The molecule has 2 rings (SSSR count). The molecule has 0 bridgehead atoms. The molecule has 5 nitrogen and oxygen atoms in total. The number of rotatable bonds is 4. The highest BCUT2D eigenvalue weighted by Crippen LogP contribution is 2.29. The van der Waals surface area contributed by atoms with E-state index in [9.17, 15) is 9.59 Å². The Morgan fingerprint density at radius 3 is 2.50 bits per heavy atom. The Morgan fingerprint density at radius 2 is 1.95 bits per heavy atom. The molecule has 0 spiro atoms. The molecule has 0 unspecified atom stereocenters. The van der Waals surface area contributed by atoms with Crippen LogP contribution >= 0.6 is 11.6 Å². The number of hydrogen-bond acceptors (Lipinski definition) is 3. The molecule has 1 aromatic heterocycles. The van der Waals surface area contributed by atoms with Crippen LogP contribution < -0.4 is 10.1 Å². The first kappa shape index (κ1) is 16.1. The number of ketones is 1. The molecular formula is C16H17ClN2O3. The quantitative estimate of drug-likeness (QED) is 0.843. The first-order valence-corrected chi connectivity index (χ1v) is 7.08. The molecule has 2 N–H and O–H groups in total. The molecule has 116 valence electrons. The van der Waals surface area contributed by atoms with Gasteiger partial charge in [0.15, 0.2) is 5.78 Å². The zero-order valence-corrected chi connectivity index (χ0v) is 13.6. The van der Waals surface area contributed by atoms with Crippen molar-refractivity contribution in [2.45, 2.75) is 20.8 Å². The molecule has 0 aliphatic carbocycles. The molecule has 0 saturated heterocycles. The number of aryl methyl sites for hydroxylation is 1. The van der Waals surface area contributed by atoms with E-state index >= 15 is 0 Å². The SMILES string of the molecule is COc1ccc(Cl)cc1NC(=O)c1c(C)[nH]c(C(C)=O)c1C. The number of halogens is 1. The minimum Gasteiger partial charge on any atom is -0.495 e. The summed E-state index contributed by atoms with van der Waals surface area (Å²) in [5.41, 5.74) is 2.64. The molecule has 0 fully saturated rings. The summed E-state index contributed by atoms with van der Waals surface area (Å²) in [5.74, 6) is 0.0784. The van der Waals surface area contributed by atoms with Gasteiger partial charge in [0.2, 0.25) is 0 Å². The molecular weight excluding hydrogens is 304 g/mol. The molecule has 0 atom stereocenters. The van der Waals surface area contributed by atoms with Crippen LogP contribution in [-0.4, -0.2) is 23.8 Å². The summed E-state index contributed by atoms with van der Waals surface area (Å²) >= 11 is 5.95. The Bertz CT molecular complexity index is 750. The third-order valence-corrected chi connectivity index (χ3v) is 3.66. The summed E-state index contributed by atoms with van der Waals surface area (Å²) < 4.78 is 5.21. The molecule has 0 saturated carbocycles. The number of methoxy groups -OCH3 is 1. The van der Waals surface area contributed by atoms with E-state index in [-0.39, 0.29) is 11.7 Å². The van der Waals surface area contributed by atoms with Crippen LogP contribution in [0.2, 0.25) is 5.02 Å². The highest BCUT2D eigenvalue weighted by molar-refractivity contribution is 6.31. The van der Waals surface area contributed by atoms with Crippen molar-refractivity contribution >= 4 is 29.0 Å². The van der Waals surface area contributed by atoms with E-state index in [1.807, 2.05) is 0 Å². The number of benzene rings is 1. The lowest BCUT2D eigenvalue weighted by molar-refractivity contribution is 0.101. The minimum atomic E-state index is -0.320. The van der Waals surface area contributed by atoms with Crippen LogP contribution in [0.5, 0.6) is 5.75 Å². The maximum absolute atomic E-state index is 12.5. The fraction of sp³-hybridized carbons (Fsp3) is 0.250. The number of carbonyl (C=O) groups excluding carboxylic acids is 2. The molecule has 1 heterocycles. The maximum atomic E-state index is 12.5. The monoisotopic (exact) mass is 320 g/mol. The summed E-state index contributed by atoms with van der Waals surface area (Å²) in [6, 6.07) is 4.97. The van der Waals surface area contributed by atoms with Crippen LogP contribution in [-0.2, 0) is 0 Å². The largest absolute Gasteiger partial charge is 0.495 e. The number of nitrogens with one attached hydrogen (secondary N) is 2. The second-order valence-electron chi connectivity index (χ2n) is 4.98. The summed E-state index contributed by atoms with van der Waals surface area (Å²) in [5, 5.41) is 3.26. The summed E-state index contributed by atoms with van der Waals surface area (Å²) in [4.78, 5) is 27.0. The van der Waals surface area contributed by atoms with Gasteiger partial charge in [-0.3, -0.25) is 9.59 Å². The van der Waals surface area contributed by atoms with E-state index < -0.39 is 0 Å². The Balaban J connectivity index is 2.38. The molecule has 1 aromatic carbocycles. The fourth-order valence-corrected chi connectivity index (χ4v) is 2.58. The van der Waals surface area contributed by atoms with Crippen LogP contribution in [0.4, 0.5) is 5.69 Å². The summed E-state index contributed by atoms with van der Waals surface area (Å²) in [7, 11) is 1.51. The predicted molar refractivity (Wildman–Crippen MR) is 86.2 cm³/mol. The third kappa shape index (κ3) is 2.99. The van der Waals surface area contributed by atoms with Crippen molar-refractivity contribution in [3.8, 4) is 5.75 Å². The first-order chi connectivity index (χ1) is 10.3. The standard InChI is InChI=1S/C16H17ClN2O3/c1-8-14(9(2)18-15(8)10(3)20)16(21)19-12-7-11(17)5-6-13(12)22-4/h5-7,18H,1-4H3,(H,19,21). The second-order valence-corrected chi connectivity index (χ2v) is 5.42. The molecule has 0 aliphatic heterocycles. The number of H-pyrrole nitrogens is 1. The van der Waals surface area contributed by atoms with Gasteiger partial charge in [0.05, 0.1) is 24.1 Å². The number of aromatic nitrogens is 1. The van der Waals surface area contributed by atoms with Crippen LogP contribution in [0.25, 0.3) is 0 Å². The minimum absolute atomic E-state index is 0.111. The van der Waals surface area contributed by atoms with E-state index in [1.54, 1.807) is 32.0 Å². The molecule has 22 heavy (non-hydrogen) atoms. The maximum Gasteiger partial charge on any atom is 0.257 e. The smallest absolute Gasteiger partial charge is 0.257 e. The molecule has 2 aromatic rings. The lowest BCUT2D eigenvalue weighted by atomic mass is 10.1. The first-order valence-electron chi connectivity index (χ1n) is 6.70. The van der Waals surface area contributed by atoms with E-state index in [0.717, 1.165) is 0 Å². The zero-order valence-electron chi connectivity index (χ0n) is 12.8. The number of aromatic amines is 1. The van der Waals surface area contributed by atoms with Crippen LogP contribution in [0.3, 0.4) is 0 Å². The predicted octanol–water partition coefficient (Wildman–Crippen LogP) is 3.75. The number of ether oxygens (including phenoxy) is 1. The number of Topliss-reactive ketones (excluding diaryl/α,β-unsaturated/α-hetero) is 1. The van der Waals surface area contributed by atoms with E-state index in [4.69, 9.17) is 16.3 Å². The van der Waals surface area contributed by atoms with Gasteiger partial charge in [0.25, 0.3) is 5.91 Å². The van der Waals surface area contributed by atoms with Crippen molar-refractivity contribution in [1.29, 1.82) is 0 Å². The number of anilines is 1. The highest BCUT2D eigenvalue weighted by Gasteiger charge is 2.21. The van der Waals surface area contributed by atoms with Gasteiger partial charge in [-0.25, -0.2) is 0 Å². The van der Waals surface area contributed by atoms with Gasteiger partial charge in [-0.1, -0.05) is 11.6 Å². The topological polar surface area (TPSA) is 71.2 Å². The van der Waals surface area contributed by atoms with Gasteiger partial charge in [-0.05, 0) is 37.6 Å². The summed E-state index contributed by atoms with van der Waals surface area (Å²) in [6.45, 7) is 4.95. The van der Waals surface area contributed by atoms with Crippen molar-refractivity contribution in [2.24, 2.45) is 0 Å². The van der Waals surface area contributed by atoms with Crippen LogP contribution in [0.15, 0.2) is 18.2 Å². The van der Waals surface area contributed by atoms with Crippen molar-refractivity contribution in [1.82, 2.24) is 4.98 Å². The Morgan fingerprint density at radius 1 is 1.27 bits per heavy atom. The van der Waals surface area contributed by atoms with Crippen molar-refractivity contribution in [2.75, 3.05) is 12.4 Å². The third-order valence-electron chi connectivity index (χ3n) is 3.43. The second kappa shape index (κ2) is 6.23. The number of hydrogen-bond donors (Lipinski definition) is 2. The normalized spacial score (nSPS) is 10.4. The van der Waals surface area contributed by atoms with Crippen LogP contribution in [0, 0.1) is 13.8 Å². The molecule has 6 heteroatoms. The van der Waals surface area contributed by atoms with Crippen molar-refractivity contribution < 1.29 is 14.3 Å². The number of amides is 1. The van der Waals surface area contributed by atoms with Gasteiger partial charge >= 0.3 is 0 Å². The van der Waals surface area contributed by atoms with Crippen molar-refractivity contribution in [3.63, 3.8) is 0 Å².